The Kier molecular flexibility index (Phi) is 4.96. The van der Waals surface area contributed by atoms with Crippen LogP contribution in [0, 0.1) is 0 Å². The molecule has 0 fully saturated rings. The summed E-state index contributed by atoms with van der Waals surface area (Å²) in [4.78, 5) is 0. The minimum atomic E-state index is -1.54. The lowest BCUT2D eigenvalue weighted by Gasteiger charge is -2.48. The van der Waals surface area contributed by atoms with Crippen LogP contribution in [0.15, 0.2) is 22.8 Å². The van der Waals surface area contributed by atoms with Gasteiger partial charge in [-0.3, -0.25) is 0 Å². The predicted octanol–water partition coefficient (Wildman–Crippen LogP) is 5.99. The summed E-state index contributed by atoms with van der Waals surface area (Å²) in [6, 6.07) is 3.78. The van der Waals surface area contributed by atoms with Crippen molar-refractivity contribution in [1.82, 2.24) is 0 Å². The molecule has 1 atom stereocenters. The highest BCUT2D eigenvalue weighted by molar-refractivity contribution is 6.73. The van der Waals surface area contributed by atoms with E-state index in [4.69, 9.17) is 4.43 Å². The topological polar surface area (TPSA) is 9.23 Å². The van der Waals surface area contributed by atoms with Crippen LogP contribution in [0.2, 0.25) is 18.1 Å². The highest BCUT2D eigenvalue weighted by Crippen LogP contribution is 2.48. The van der Waals surface area contributed by atoms with Crippen LogP contribution in [0.3, 0.4) is 0 Å². The van der Waals surface area contributed by atoms with Crippen molar-refractivity contribution in [2.45, 2.75) is 90.5 Å². The quantitative estimate of drug-likeness (QED) is 0.566. The van der Waals surface area contributed by atoms with Crippen molar-refractivity contribution < 1.29 is 4.43 Å². The molecule has 2 aliphatic rings. The smallest absolute Gasteiger partial charge is 0.193 e. The van der Waals surface area contributed by atoms with Gasteiger partial charge in [-0.1, -0.05) is 32.4 Å². The molecule has 2 heteroatoms. The SMILES string of the molecule is CC[Si](CC)(CC)OC12CCCC=C1C(C)=C(C)CC2. The summed E-state index contributed by atoms with van der Waals surface area (Å²) in [5.74, 6) is 0. The van der Waals surface area contributed by atoms with Crippen LogP contribution in [0.1, 0.15) is 66.7 Å². The van der Waals surface area contributed by atoms with E-state index in [1.165, 1.54) is 55.8 Å². The number of allylic oxidation sites excluding steroid dienone is 2. The van der Waals surface area contributed by atoms with E-state index in [2.05, 4.69) is 40.7 Å². The van der Waals surface area contributed by atoms with E-state index in [-0.39, 0.29) is 5.60 Å². The maximum Gasteiger partial charge on any atom is 0.193 e. The highest BCUT2D eigenvalue weighted by atomic mass is 28.4. The Labute approximate surface area is 126 Å². The first-order chi connectivity index (χ1) is 9.52. The van der Waals surface area contributed by atoms with E-state index in [1.54, 1.807) is 11.1 Å². The monoisotopic (exact) mass is 292 g/mol. The Bertz CT molecular complexity index is 409. The average molecular weight is 293 g/mol. The molecule has 0 radical (unpaired) electrons. The van der Waals surface area contributed by atoms with Gasteiger partial charge in [0.1, 0.15) is 0 Å². The van der Waals surface area contributed by atoms with Crippen LogP contribution in [-0.4, -0.2) is 13.9 Å². The highest BCUT2D eigenvalue weighted by Gasteiger charge is 2.45. The second kappa shape index (κ2) is 6.19. The van der Waals surface area contributed by atoms with Gasteiger partial charge in [0.15, 0.2) is 8.32 Å². The zero-order chi connectivity index (χ0) is 14.8. The lowest BCUT2D eigenvalue weighted by molar-refractivity contribution is 0.0658. The van der Waals surface area contributed by atoms with Crippen molar-refractivity contribution in [2.24, 2.45) is 0 Å². The number of hydrogen-bond donors (Lipinski definition) is 0. The molecule has 0 spiro atoms. The molecule has 0 saturated heterocycles. The van der Waals surface area contributed by atoms with Crippen LogP contribution in [-0.2, 0) is 4.43 Å². The van der Waals surface area contributed by atoms with Crippen molar-refractivity contribution in [3.05, 3.63) is 22.8 Å². The molecule has 1 nitrogen and oxygen atoms in total. The van der Waals surface area contributed by atoms with E-state index in [1.807, 2.05) is 0 Å². The maximum absolute atomic E-state index is 7.07. The minimum Gasteiger partial charge on any atom is -0.407 e. The van der Waals surface area contributed by atoms with E-state index in [9.17, 15) is 0 Å². The second-order valence-electron chi connectivity index (χ2n) is 6.76. The van der Waals surface area contributed by atoms with Gasteiger partial charge in [-0.15, -0.1) is 0 Å². The molecule has 0 N–H and O–H groups in total. The largest absolute Gasteiger partial charge is 0.407 e. The van der Waals surface area contributed by atoms with Crippen LogP contribution >= 0.6 is 0 Å². The third kappa shape index (κ3) is 2.69. The van der Waals surface area contributed by atoms with Crippen molar-refractivity contribution in [1.29, 1.82) is 0 Å². The van der Waals surface area contributed by atoms with Gasteiger partial charge in [0.2, 0.25) is 0 Å². The van der Waals surface area contributed by atoms with Gasteiger partial charge < -0.3 is 4.43 Å². The number of fused-ring (bicyclic) bond motifs is 1. The van der Waals surface area contributed by atoms with Gasteiger partial charge in [0.25, 0.3) is 0 Å². The van der Waals surface area contributed by atoms with Crippen molar-refractivity contribution in [3.63, 3.8) is 0 Å². The Hall–Kier alpha value is -0.343. The first kappa shape index (κ1) is 16.0. The van der Waals surface area contributed by atoms with Crippen molar-refractivity contribution in [3.8, 4) is 0 Å². The molecule has 0 aromatic rings. The Balaban J connectivity index is 2.37. The molecule has 0 bridgehead atoms. The second-order valence-corrected chi connectivity index (χ2v) is 11.4. The number of rotatable bonds is 5. The third-order valence-electron chi connectivity index (χ3n) is 5.92. The molecule has 2 aliphatic carbocycles. The first-order valence-corrected chi connectivity index (χ1v) is 11.1. The molecule has 0 aliphatic heterocycles. The third-order valence-corrected chi connectivity index (χ3v) is 10.6. The fourth-order valence-electron chi connectivity index (χ4n) is 4.05. The molecule has 20 heavy (non-hydrogen) atoms. The molecule has 114 valence electrons. The van der Waals surface area contributed by atoms with E-state index in [0.29, 0.717) is 0 Å². The van der Waals surface area contributed by atoms with Crippen LogP contribution < -0.4 is 0 Å². The maximum atomic E-state index is 7.07. The zero-order valence-electron chi connectivity index (χ0n) is 14.1. The van der Waals surface area contributed by atoms with Gasteiger partial charge in [0, 0.05) is 0 Å². The number of hydrogen-bond acceptors (Lipinski definition) is 1. The van der Waals surface area contributed by atoms with Crippen LogP contribution in [0.5, 0.6) is 0 Å². The molecule has 1 unspecified atom stereocenters. The predicted molar refractivity (Wildman–Crippen MR) is 90.6 cm³/mol. The Morgan fingerprint density at radius 3 is 2.35 bits per heavy atom. The molecule has 0 saturated carbocycles. The van der Waals surface area contributed by atoms with Crippen molar-refractivity contribution in [2.75, 3.05) is 0 Å². The summed E-state index contributed by atoms with van der Waals surface area (Å²) in [7, 11) is -1.54. The Morgan fingerprint density at radius 1 is 1.10 bits per heavy atom. The molecule has 0 aromatic carbocycles. The van der Waals surface area contributed by atoms with Crippen molar-refractivity contribution >= 4 is 8.32 Å². The van der Waals surface area contributed by atoms with Gasteiger partial charge in [-0.25, -0.2) is 0 Å². The standard InChI is InChI=1S/C18H32OSi/c1-6-20(7-2,8-3)19-18-13-10-9-11-17(18)16(5)15(4)12-14-18/h11H,6-10,12-14H2,1-5H3. The first-order valence-electron chi connectivity index (χ1n) is 8.60. The fraction of sp³-hybridized carbons (Fsp3) is 0.778. The van der Waals surface area contributed by atoms with E-state index >= 15 is 0 Å². The molecule has 2 rings (SSSR count). The van der Waals surface area contributed by atoms with Gasteiger partial charge in [0.05, 0.1) is 5.60 Å². The summed E-state index contributed by atoms with van der Waals surface area (Å²) in [6.07, 6.45) is 8.73. The minimum absolute atomic E-state index is 0.0795. The van der Waals surface area contributed by atoms with Gasteiger partial charge in [-0.2, -0.15) is 0 Å². The summed E-state index contributed by atoms with van der Waals surface area (Å²) in [5, 5.41) is 0. The molecule has 0 amide bonds. The summed E-state index contributed by atoms with van der Waals surface area (Å²) in [6.45, 7) is 11.7. The molecular formula is C18H32OSi. The lowest BCUT2D eigenvalue weighted by atomic mass is 9.71. The summed E-state index contributed by atoms with van der Waals surface area (Å²) in [5.41, 5.74) is 4.74. The average Bonchev–Trinajstić information content (AvgIpc) is 2.49. The van der Waals surface area contributed by atoms with Crippen LogP contribution in [0.25, 0.3) is 0 Å². The molecular weight excluding hydrogens is 260 g/mol. The van der Waals surface area contributed by atoms with E-state index in [0.717, 1.165) is 0 Å². The van der Waals surface area contributed by atoms with Gasteiger partial charge >= 0.3 is 0 Å². The molecule has 0 aromatic heterocycles. The Morgan fingerprint density at radius 2 is 1.75 bits per heavy atom. The van der Waals surface area contributed by atoms with E-state index < -0.39 is 8.32 Å². The lowest BCUT2D eigenvalue weighted by Crippen LogP contribution is -2.50. The normalized spacial score (nSPS) is 27.4. The fourth-order valence-corrected chi connectivity index (χ4v) is 7.13. The summed E-state index contributed by atoms with van der Waals surface area (Å²) < 4.78 is 7.07. The summed E-state index contributed by atoms with van der Waals surface area (Å²) >= 11 is 0. The van der Waals surface area contributed by atoms with Gasteiger partial charge in [-0.05, 0) is 75.2 Å². The van der Waals surface area contributed by atoms with Crippen LogP contribution in [0.4, 0.5) is 0 Å². The molecule has 0 heterocycles. The zero-order valence-corrected chi connectivity index (χ0v) is 15.1.